The highest BCUT2D eigenvalue weighted by atomic mass is 16.6. The van der Waals surface area contributed by atoms with Gasteiger partial charge in [0.2, 0.25) is 0 Å². The molecular formula is C13H16N2O6. The zero-order valence-corrected chi connectivity index (χ0v) is 11.9. The Morgan fingerprint density at radius 3 is 2.19 bits per heavy atom. The quantitative estimate of drug-likeness (QED) is 0.658. The van der Waals surface area contributed by atoms with E-state index < -0.39 is 38.5 Å². The maximum Gasteiger partial charge on any atom is 0.307 e. The van der Waals surface area contributed by atoms with Gasteiger partial charge in [-0.15, -0.1) is 0 Å². The zero-order valence-electron chi connectivity index (χ0n) is 11.9. The summed E-state index contributed by atoms with van der Waals surface area (Å²) >= 11 is 0. The van der Waals surface area contributed by atoms with Gasteiger partial charge in [-0.25, -0.2) is 0 Å². The summed E-state index contributed by atoms with van der Waals surface area (Å²) in [6, 6.07) is 3.25. The van der Waals surface area contributed by atoms with E-state index in [0.717, 1.165) is 12.1 Å². The molecule has 1 atom stereocenters. The van der Waals surface area contributed by atoms with Crippen LogP contribution in [0, 0.1) is 31.6 Å². The number of aliphatic carboxylic acids is 1. The highest BCUT2D eigenvalue weighted by molar-refractivity contribution is 5.71. The van der Waals surface area contributed by atoms with Crippen LogP contribution in [0.4, 0.5) is 11.4 Å². The van der Waals surface area contributed by atoms with Crippen LogP contribution in [0.15, 0.2) is 18.2 Å². The molecule has 0 aliphatic rings. The molecule has 0 aliphatic heterocycles. The Hall–Kier alpha value is -2.51. The molecule has 0 spiro atoms. The molecule has 0 heterocycles. The van der Waals surface area contributed by atoms with Crippen molar-refractivity contribution in [1.82, 2.24) is 0 Å². The van der Waals surface area contributed by atoms with E-state index in [1.807, 2.05) is 0 Å². The fraction of sp³-hybridized carbons (Fsp3) is 0.462. The van der Waals surface area contributed by atoms with Gasteiger partial charge in [0, 0.05) is 11.6 Å². The van der Waals surface area contributed by atoms with Crippen molar-refractivity contribution in [2.45, 2.75) is 27.2 Å². The van der Waals surface area contributed by atoms with Crippen LogP contribution in [0.2, 0.25) is 0 Å². The second-order valence-electron chi connectivity index (χ2n) is 5.79. The molecule has 21 heavy (non-hydrogen) atoms. The summed E-state index contributed by atoms with van der Waals surface area (Å²) in [5.41, 5.74) is -1.25. The molecule has 0 saturated heterocycles. The number of nitrogens with zero attached hydrogens (tertiary/aromatic N) is 2. The highest BCUT2D eigenvalue weighted by Crippen LogP contribution is 2.33. The summed E-state index contributed by atoms with van der Waals surface area (Å²) in [6.07, 6.45) is -0.0624. The fourth-order valence-corrected chi connectivity index (χ4v) is 1.99. The molecule has 8 heteroatoms. The van der Waals surface area contributed by atoms with Gasteiger partial charge in [0.15, 0.2) is 0 Å². The van der Waals surface area contributed by atoms with Crippen molar-refractivity contribution in [3.05, 3.63) is 44.0 Å². The van der Waals surface area contributed by atoms with Crippen molar-refractivity contribution in [1.29, 1.82) is 0 Å². The van der Waals surface area contributed by atoms with Gasteiger partial charge < -0.3 is 5.11 Å². The summed E-state index contributed by atoms with van der Waals surface area (Å²) < 4.78 is 0. The predicted octanol–water partition coefficient (Wildman–Crippen LogP) is 2.79. The molecule has 1 aromatic carbocycles. The third-order valence-corrected chi connectivity index (χ3v) is 3.24. The minimum atomic E-state index is -1.06. The van der Waals surface area contributed by atoms with Gasteiger partial charge in [-0.05, 0) is 17.9 Å². The number of benzene rings is 1. The van der Waals surface area contributed by atoms with Crippen LogP contribution < -0.4 is 0 Å². The maximum absolute atomic E-state index is 11.3. The number of nitro benzene ring substituents is 2. The average Bonchev–Trinajstić information content (AvgIpc) is 2.33. The SMILES string of the molecule is CC(C)(C)C(Cc1ccc([N+](=O)[O-])cc1[N+](=O)[O-])C(=O)O. The van der Waals surface area contributed by atoms with E-state index in [1.54, 1.807) is 20.8 Å². The first-order valence-corrected chi connectivity index (χ1v) is 6.18. The second kappa shape index (κ2) is 5.86. The van der Waals surface area contributed by atoms with Crippen LogP contribution in [0.1, 0.15) is 26.3 Å². The van der Waals surface area contributed by atoms with Crippen LogP contribution in [0.25, 0.3) is 0 Å². The Morgan fingerprint density at radius 2 is 1.81 bits per heavy atom. The van der Waals surface area contributed by atoms with E-state index in [1.165, 1.54) is 6.07 Å². The van der Waals surface area contributed by atoms with E-state index in [2.05, 4.69) is 0 Å². The Kier molecular flexibility index (Phi) is 4.62. The summed E-state index contributed by atoms with van der Waals surface area (Å²) in [5.74, 6) is -1.90. The Labute approximate surface area is 120 Å². The second-order valence-corrected chi connectivity index (χ2v) is 5.79. The van der Waals surface area contributed by atoms with E-state index in [4.69, 9.17) is 0 Å². The van der Waals surface area contributed by atoms with Crippen molar-refractivity contribution in [3.8, 4) is 0 Å². The van der Waals surface area contributed by atoms with Gasteiger partial charge >= 0.3 is 5.97 Å². The number of carbonyl (C=O) groups is 1. The summed E-state index contributed by atoms with van der Waals surface area (Å²) in [6.45, 7) is 5.18. The normalized spacial score (nSPS) is 12.7. The molecule has 1 rings (SSSR count). The number of carboxylic acids is 1. The molecule has 0 amide bonds. The van der Waals surface area contributed by atoms with Crippen LogP contribution in [-0.4, -0.2) is 20.9 Å². The van der Waals surface area contributed by atoms with Crippen molar-refractivity contribution in [3.63, 3.8) is 0 Å². The molecule has 1 aromatic rings. The molecule has 0 saturated carbocycles. The van der Waals surface area contributed by atoms with Crippen molar-refractivity contribution in [2.75, 3.05) is 0 Å². The average molecular weight is 296 g/mol. The fourth-order valence-electron chi connectivity index (χ4n) is 1.99. The topological polar surface area (TPSA) is 124 Å². The van der Waals surface area contributed by atoms with Gasteiger partial charge in [-0.2, -0.15) is 0 Å². The minimum absolute atomic E-state index is 0.0624. The molecule has 0 aromatic heterocycles. The molecule has 8 nitrogen and oxygen atoms in total. The van der Waals surface area contributed by atoms with Crippen LogP contribution in [-0.2, 0) is 11.2 Å². The number of non-ortho nitro benzene ring substituents is 1. The van der Waals surface area contributed by atoms with Crippen LogP contribution in [0.3, 0.4) is 0 Å². The summed E-state index contributed by atoms with van der Waals surface area (Å²) in [7, 11) is 0. The van der Waals surface area contributed by atoms with Crippen molar-refractivity contribution < 1.29 is 19.7 Å². The Balaban J connectivity index is 3.27. The highest BCUT2D eigenvalue weighted by Gasteiger charge is 2.33. The Morgan fingerprint density at radius 1 is 1.24 bits per heavy atom. The molecule has 0 radical (unpaired) electrons. The van der Waals surface area contributed by atoms with Gasteiger partial charge in [-0.3, -0.25) is 25.0 Å². The molecule has 1 unspecified atom stereocenters. The number of rotatable bonds is 5. The van der Waals surface area contributed by atoms with Crippen molar-refractivity contribution in [2.24, 2.45) is 11.3 Å². The monoisotopic (exact) mass is 296 g/mol. The molecule has 0 aliphatic carbocycles. The number of carboxylic acid groups (broad SMARTS) is 1. The third kappa shape index (κ3) is 3.98. The first-order chi connectivity index (χ1) is 9.54. The lowest BCUT2D eigenvalue weighted by Gasteiger charge is -2.26. The lowest BCUT2D eigenvalue weighted by atomic mass is 9.77. The minimum Gasteiger partial charge on any atom is -0.481 e. The van der Waals surface area contributed by atoms with E-state index >= 15 is 0 Å². The van der Waals surface area contributed by atoms with E-state index in [9.17, 15) is 30.1 Å². The molecule has 0 fully saturated rings. The first-order valence-electron chi connectivity index (χ1n) is 6.18. The number of nitro groups is 2. The first kappa shape index (κ1) is 16.5. The summed E-state index contributed by atoms with van der Waals surface area (Å²) in [5, 5.41) is 31.0. The molecule has 1 N–H and O–H groups in total. The maximum atomic E-state index is 11.3. The predicted molar refractivity (Wildman–Crippen MR) is 74.0 cm³/mol. The lowest BCUT2D eigenvalue weighted by Crippen LogP contribution is -2.30. The Bertz CT molecular complexity index is 591. The lowest BCUT2D eigenvalue weighted by molar-refractivity contribution is -0.394. The third-order valence-electron chi connectivity index (χ3n) is 3.24. The standard InChI is InChI=1S/C13H16N2O6/c1-13(2,3)10(12(16)17)6-8-4-5-9(14(18)19)7-11(8)15(20)21/h4-5,7,10H,6H2,1-3H3,(H,16,17). The zero-order chi connectivity index (χ0) is 16.4. The van der Waals surface area contributed by atoms with Gasteiger partial charge in [0.25, 0.3) is 11.4 Å². The molecule has 114 valence electrons. The van der Waals surface area contributed by atoms with E-state index in [-0.39, 0.29) is 12.0 Å². The number of hydrogen-bond donors (Lipinski definition) is 1. The van der Waals surface area contributed by atoms with Crippen molar-refractivity contribution >= 4 is 17.3 Å². The largest absolute Gasteiger partial charge is 0.481 e. The van der Waals surface area contributed by atoms with Crippen LogP contribution >= 0.6 is 0 Å². The molecular weight excluding hydrogens is 280 g/mol. The van der Waals surface area contributed by atoms with Gasteiger partial charge in [0.05, 0.1) is 21.8 Å². The van der Waals surface area contributed by atoms with Gasteiger partial charge in [0.1, 0.15) is 0 Å². The van der Waals surface area contributed by atoms with Crippen LogP contribution in [0.5, 0.6) is 0 Å². The summed E-state index contributed by atoms with van der Waals surface area (Å²) in [4.78, 5) is 31.6. The molecule has 0 bridgehead atoms. The van der Waals surface area contributed by atoms with E-state index in [0.29, 0.717) is 0 Å². The van der Waals surface area contributed by atoms with Gasteiger partial charge in [-0.1, -0.05) is 20.8 Å². The number of hydrogen-bond acceptors (Lipinski definition) is 5. The smallest absolute Gasteiger partial charge is 0.307 e.